The highest BCUT2D eigenvalue weighted by Gasteiger charge is 2.21. The standard InChI is InChI=1S/C13H7Cl2N3O4/c14-9-3-7(18(20)21)4-10(15)12(9)22-8-1-6-2-11(19)17-13(6)16-5-8/h1,3-5H,2H2,(H,16,17,19). The van der Waals surface area contributed by atoms with Crippen molar-refractivity contribution in [3.63, 3.8) is 0 Å². The number of nitrogens with one attached hydrogen (secondary N) is 1. The van der Waals surface area contributed by atoms with Crippen LogP contribution in [-0.4, -0.2) is 15.8 Å². The van der Waals surface area contributed by atoms with E-state index in [-0.39, 0.29) is 33.8 Å². The molecule has 0 radical (unpaired) electrons. The van der Waals surface area contributed by atoms with E-state index in [9.17, 15) is 14.9 Å². The zero-order valence-electron chi connectivity index (χ0n) is 10.8. The number of pyridine rings is 1. The lowest BCUT2D eigenvalue weighted by Crippen LogP contribution is -2.04. The lowest BCUT2D eigenvalue weighted by molar-refractivity contribution is -0.384. The van der Waals surface area contributed by atoms with Crippen LogP contribution in [-0.2, 0) is 11.2 Å². The van der Waals surface area contributed by atoms with Crippen molar-refractivity contribution >= 4 is 40.6 Å². The minimum absolute atomic E-state index is 0.00824. The summed E-state index contributed by atoms with van der Waals surface area (Å²) in [6.07, 6.45) is 1.61. The van der Waals surface area contributed by atoms with Crippen LogP contribution in [0.5, 0.6) is 11.5 Å². The molecule has 9 heteroatoms. The summed E-state index contributed by atoms with van der Waals surface area (Å²) < 4.78 is 5.55. The largest absolute Gasteiger partial charge is 0.453 e. The molecule has 1 aromatic heterocycles. The Kier molecular flexibility index (Phi) is 3.59. The molecule has 0 unspecified atom stereocenters. The van der Waals surface area contributed by atoms with E-state index in [0.29, 0.717) is 17.1 Å². The van der Waals surface area contributed by atoms with Gasteiger partial charge in [-0.1, -0.05) is 23.2 Å². The van der Waals surface area contributed by atoms with Gasteiger partial charge in [0.15, 0.2) is 5.75 Å². The number of hydrogen-bond acceptors (Lipinski definition) is 5. The number of fused-ring (bicyclic) bond motifs is 1. The average Bonchev–Trinajstić information content (AvgIpc) is 2.81. The molecule has 2 heterocycles. The maximum absolute atomic E-state index is 11.3. The summed E-state index contributed by atoms with van der Waals surface area (Å²) in [6.45, 7) is 0. The number of carbonyl (C=O) groups excluding carboxylic acids is 1. The molecule has 1 aliphatic heterocycles. The molecule has 112 valence electrons. The second kappa shape index (κ2) is 5.43. The minimum atomic E-state index is -0.601. The predicted octanol–water partition coefficient (Wildman–Crippen LogP) is 3.58. The zero-order chi connectivity index (χ0) is 15.9. The fourth-order valence-electron chi connectivity index (χ4n) is 2.01. The third-order valence-electron chi connectivity index (χ3n) is 2.96. The third kappa shape index (κ3) is 2.68. The SMILES string of the molecule is O=C1Cc2cc(Oc3c(Cl)cc([N+](=O)[O-])cc3Cl)cnc2N1. The number of nitrogens with zero attached hydrogens (tertiary/aromatic N) is 2. The smallest absolute Gasteiger partial charge is 0.272 e. The number of hydrogen-bond donors (Lipinski definition) is 1. The maximum Gasteiger partial charge on any atom is 0.272 e. The minimum Gasteiger partial charge on any atom is -0.453 e. The van der Waals surface area contributed by atoms with Gasteiger partial charge >= 0.3 is 0 Å². The van der Waals surface area contributed by atoms with E-state index in [1.54, 1.807) is 6.07 Å². The number of aromatic nitrogens is 1. The molecule has 0 saturated carbocycles. The normalized spacial score (nSPS) is 12.7. The highest BCUT2D eigenvalue weighted by atomic mass is 35.5. The number of benzene rings is 1. The molecule has 1 amide bonds. The van der Waals surface area contributed by atoms with Gasteiger partial charge < -0.3 is 10.1 Å². The Labute approximate surface area is 134 Å². The van der Waals surface area contributed by atoms with E-state index < -0.39 is 4.92 Å². The van der Waals surface area contributed by atoms with Gasteiger partial charge in [-0.3, -0.25) is 14.9 Å². The van der Waals surface area contributed by atoms with Crippen molar-refractivity contribution in [2.75, 3.05) is 5.32 Å². The van der Waals surface area contributed by atoms with Gasteiger partial charge in [0.05, 0.1) is 27.6 Å². The van der Waals surface area contributed by atoms with Crippen LogP contribution in [0.4, 0.5) is 11.5 Å². The number of non-ortho nitro benzene ring substituents is 1. The number of ether oxygens (including phenoxy) is 1. The molecule has 22 heavy (non-hydrogen) atoms. The number of nitro benzene ring substituents is 1. The Morgan fingerprint density at radius 1 is 1.27 bits per heavy atom. The summed E-state index contributed by atoms with van der Waals surface area (Å²) in [5.41, 5.74) is 0.459. The van der Waals surface area contributed by atoms with Crippen molar-refractivity contribution in [2.45, 2.75) is 6.42 Å². The summed E-state index contributed by atoms with van der Waals surface area (Å²) in [5, 5.41) is 13.3. The lowest BCUT2D eigenvalue weighted by Gasteiger charge is -2.10. The summed E-state index contributed by atoms with van der Waals surface area (Å²) in [7, 11) is 0. The van der Waals surface area contributed by atoms with Crippen LogP contribution < -0.4 is 10.1 Å². The van der Waals surface area contributed by atoms with E-state index in [2.05, 4.69) is 10.3 Å². The van der Waals surface area contributed by atoms with Gasteiger partial charge in [0.25, 0.3) is 5.69 Å². The number of anilines is 1. The first-order valence-corrected chi connectivity index (χ1v) is 6.79. The van der Waals surface area contributed by atoms with Crippen LogP contribution in [0.1, 0.15) is 5.56 Å². The lowest BCUT2D eigenvalue weighted by atomic mass is 10.2. The molecular formula is C13H7Cl2N3O4. The van der Waals surface area contributed by atoms with Crippen molar-refractivity contribution in [3.8, 4) is 11.5 Å². The van der Waals surface area contributed by atoms with Crippen LogP contribution in [0.15, 0.2) is 24.4 Å². The van der Waals surface area contributed by atoms with Gasteiger partial charge in [-0.25, -0.2) is 4.98 Å². The molecule has 0 fully saturated rings. The van der Waals surface area contributed by atoms with Crippen molar-refractivity contribution < 1.29 is 14.5 Å². The van der Waals surface area contributed by atoms with Gasteiger partial charge in [-0.2, -0.15) is 0 Å². The summed E-state index contributed by atoms with van der Waals surface area (Å²) in [4.78, 5) is 25.5. The summed E-state index contributed by atoms with van der Waals surface area (Å²) in [5.74, 6) is 0.755. The number of amides is 1. The molecule has 7 nitrogen and oxygen atoms in total. The maximum atomic E-state index is 11.3. The second-order valence-corrected chi connectivity index (χ2v) is 5.32. The van der Waals surface area contributed by atoms with Gasteiger partial charge in [0.1, 0.15) is 11.6 Å². The molecular weight excluding hydrogens is 333 g/mol. The Hall–Kier alpha value is -2.38. The summed E-state index contributed by atoms with van der Waals surface area (Å²) in [6, 6.07) is 3.93. The molecule has 2 aromatic rings. The Balaban J connectivity index is 1.93. The molecule has 3 rings (SSSR count). The summed E-state index contributed by atoms with van der Waals surface area (Å²) >= 11 is 11.9. The predicted molar refractivity (Wildman–Crippen MR) is 79.8 cm³/mol. The van der Waals surface area contributed by atoms with Gasteiger partial charge in [0, 0.05) is 17.7 Å². The van der Waals surface area contributed by atoms with E-state index in [1.165, 1.54) is 6.20 Å². The van der Waals surface area contributed by atoms with Crippen molar-refractivity contribution in [1.29, 1.82) is 0 Å². The van der Waals surface area contributed by atoms with E-state index in [0.717, 1.165) is 12.1 Å². The van der Waals surface area contributed by atoms with Crippen LogP contribution in [0, 0.1) is 10.1 Å². The molecule has 1 N–H and O–H groups in total. The van der Waals surface area contributed by atoms with E-state index in [1.807, 2.05) is 0 Å². The molecule has 0 atom stereocenters. The van der Waals surface area contributed by atoms with Crippen LogP contribution in [0.25, 0.3) is 0 Å². The van der Waals surface area contributed by atoms with Gasteiger partial charge in [-0.15, -0.1) is 0 Å². The van der Waals surface area contributed by atoms with Crippen molar-refractivity contribution in [1.82, 2.24) is 4.98 Å². The first kappa shape index (κ1) is 14.6. The molecule has 1 aliphatic rings. The molecule has 1 aromatic carbocycles. The Bertz CT molecular complexity index is 787. The zero-order valence-corrected chi connectivity index (χ0v) is 12.3. The van der Waals surface area contributed by atoms with Crippen LogP contribution in [0.3, 0.4) is 0 Å². The van der Waals surface area contributed by atoms with Gasteiger partial charge in [-0.05, 0) is 6.07 Å². The van der Waals surface area contributed by atoms with Gasteiger partial charge in [0.2, 0.25) is 5.91 Å². The molecule has 0 saturated heterocycles. The number of halogens is 2. The second-order valence-electron chi connectivity index (χ2n) is 4.50. The quantitative estimate of drug-likeness (QED) is 0.681. The fraction of sp³-hybridized carbons (Fsp3) is 0.0769. The fourth-order valence-corrected chi connectivity index (χ4v) is 2.56. The topological polar surface area (TPSA) is 94.4 Å². The Morgan fingerprint density at radius 2 is 1.95 bits per heavy atom. The van der Waals surface area contributed by atoms with Crippen molar-refractivity contribution in [3.05, 3.63) is 50.1 Å². The van der Waals surface area contributed by atoms with Crippen LogP contribution in [0.2, 0.25) is 10.0 Å². The first-order chi connectivity index (χ1) is 10.4. The molecule has 0 bridgehead atoms. The van der Waals surface area contributed by atoms with E-state index in [4.69, 9.17) is 27.9 Å². The average molecular weight is 340 g/mol. The Morgan fingerprint density at radius 3 is 2.59 bits per heavy atom. The number of nitro groups is 1. The highest BCUT2D eigenvalue weighted by Crippen LogP contribution is 2.39. The van der Waals surface area contributed by atoms with Crippen molar-refractivity contribution in [2.24, 2.45) is 0 Å². The molecule has 0 spiro atoms. The third-order valence-corrected chi connectivity index (χ3v) is 3.53. The van der Waals surface area contributed by atoms with Crippen LogP contribution >= 0.6 is 23.2 Å². The monoisotopic (exact) mass is 339 g/mol. The first-order valence-electron chi connectivity index (χ1n) is 6.04. The highest BCUT2D eigenvalue weighted by molar-refractivity contribution is 6.37. The number of rotatable bonds is 3. The number of carbonyl (C=O) groups is 1. The van der Waals surface area contributed by atoms with E-state index >= 15 is 0 Å². The molecule has 0 aliphatic carbocycles.